The molecule has 0 N–H and O–H groups in total. The molecule has 0 atom stereocenters. The highest BCUT2D eigenvalue weighted by Crippen LogP contribution is 2.21. The lowest BCUT2D eigenvalue weighted by Crippen LogP contribution is -2.01. The maximum Gasteiger partial charge on any atom is 0.387 e. The Bertz CT molecular complexity index is 480. The molecule has 88 valence electrons. The third kappa shape index (κ3) is 3.00. The predicted octanol–water partition coefficient (Wildman–Crippen LogP) is 3.66. The fraction of sp³-hybridized carbons (Fsp3) is 0.154. The predicted molar refractivity (Wildman–Crippen MR) is 61.0 cm³/mol. The highest BCUT2D eigenvalue weighted by Gasteiger charge is 2.04. The first-order chi connectivity index (χ1) is 8.15. The van der Waals surface area contributed by atoms with E-state index in [4.69, 9.17) is 0 Å². The van der Waals surface area contributed by atoms with Crippen molar-refractivity contribution in [3.05, 3.63) is 48.2 Å². The molecule has 0 fully saturated rings. The fourth-order valence-corrected chi connectivity index (χ4v) is 1.45. The number of hydrogen-bond acceptors (Lipinski definition) is 2. The van der Waals surface area contributed by atoms with Crippen LogP contribution < -0.4 is 4.74 Å². The zero-order chi connectivity index (χ0) is 12.3. The molecule has 2 rings (SSSR count). The lowest BCUT2D eigenvalue weighted by molar-refractivity contribution is -0.0498. The summed E-state index contributed by atoms with van der Waals surface area (Å²) in [6.07, 6.45) is 1.76. The second-order valence-corrected chi connectivity index (χ2v) is 3.62. The van der Waals surface area contributed by atoms with E-state index < -0.39 is 6.61 Å². The second kappa shape index (κ2) is 4.91. The summed E-state index contributed by atoms with van der Waals surface area (Å²) in [6.45, 7) is -0.838. The van der Waals surface area contributed by atoms with Crippen molar-refractivity contribution in [3.8, 4) is 17.0 Å². The van der Waals surface area contributed by atoms with E-state index in [1.54, 1.807) is 18.3 Å². The van der Waals surface area contributed by atoms with E-state index in [2.05, 4.69) is 9.72 Å². The van der Waals surface area contributed by atoms with Gasteiger partial charge in [-0.05, 0) is 42.8 Å². The van der Waals surface area contributed by atoms with Gasteiger partial charge in [-0.1, -0.05) is 6.07 Å². The Morgan fingerprint density at radius 1 is 1.06 bits per heavy atom. The lowest BCUT2D eigenvalue weighted by Gasteiger charge is -2.05. The van der Waals surface area contributed by atoms with Crippen molar-refractivity contribution in [2.75, 3.05) is 0 Å². The molecule has 0 bridgehead atoms. The standard InChI is InChI=1S/C13H11F2NO/c1-9-2-7-12(16-8-9)10-3-5-11(6-4-10)17-13(14)15/h2-8,13H,1H3. The van der Waals surface area contributed by atoms with Gasteiger partial charge in [-0.15, -0.1) is 0 Å². The topological polar surface area (TPSA) is 22.1 Å². The van der Waals surface area contributed by atoms with Gasteiger partial charge < -0.3 is 4.74 Å². The molecule has 0 spiro atoms. The summed E-state index contributed by atoms with van der Waals surface area (Å²) in [5.74, 6) is 0.149. The Kier molecular flexibility index (Phi) is 3.32. The first kappa shape index (κ1) is 11.5. The molecule has 1 aromatic heterocycles. The summed E-state index contributed by atoms with van der Waals surface area (Å²) < 4.78 is 28.2. The van der Waals surface area contributed by atoms with Crippen molar-refractivity contribution < 1.29 is 13.5 Å². The molecule has 0 aliphatic carbocycles. The monoisotopic (exact) mass is 235 g/mol. The minimum absolute atomic E-state index is 0.149. The maximum atomic E-state index is 12.0. The Hall–Kier alpha value is -1.97. The minimum Gasteiger partial charge on any atom is -0.435 e. The van der Waals surface area contributed by atoms with E-state index in [9.17, 15) is 8.78 Å². The highest BCUT2D eigenvalue weighted by atomic mass is 19.3. The van der Waals surface area contributed by atoms with Gasteiger partial charge in [-0.25, -0.2) is 0 Å². The van der Waals surface area contributed by atoms with Crippen LogP contribution in [-0.4, -0.2) is 11.6 Å². The molecule has 2 aromatic rings. The smallest absolute Gasteiger partial charge is 0.387 e. The number of benzene rings is 1. The molecule has 4 heteroatoms. The van der Waals surface area contributed by atoms with Gasteiger partial charge in [0.05, 0.1) is 5.69 Å². The van der Waals surface area contributed by atoms with Crippen molar-refractivity contribution in [1.82, 2.24) is 4.98 Å². The van der Waals surface area contributed by atoms with Gasteiger partial charge in [-0.2, -0.15) is 8.78 Å². The third-order valence-electron chi connectivity index (χ3n) is 2.29. The molecule has 0 amide bonds. The van der Waals surface area contributed by atoms with E-state index in [1.165, 1.54) is 12.1 Å². The van der Waals surface area contributed by atoms with Crippen LogP contribution in [0.15, 0.2) is 42.6 Å². The molecule has 0 aliphatic rings. The Morgan fingerprint density at radius 3 is 2.29 bits per heavy atom. The van der Waals surface area contributed by atoms with E-state index in [-0.39, 0.29) is 5.75 Å². The molecule has 0 saturated carbocycles. The van der Waals surface area contributed by atoms with Gasteiger partial charge in [0.2, 0.25) is 0 Å². The van der Waals surface area contributed by atoms with Crippen LogP contribution >= 0.6 is 0 Å². The number of aryl methyl sites for hydroxylation is 1. The van der Waals surface area contributed by atoms with E-state index >= 15 is 0 Å². The molecule has 2 nitrogen and oxygen atoms in total. The number of hydrogen-bond donors (Lipinski definition) is 0. The zero-order valence-electron chi connectivity index (χ0n) is 9.23. The largest absolute Gasteiger partial charge is 0.435 e. The van der Waals surface area contributed by atoms with Crippen LogP contribution in [0.25, 0.3) is 11.3 Å². The number of nitrogens with zero attached hydrogens (tertiary/aromatic N) is 1. The van der Waals surface area contributed by atoms with Crippen molar-refractivity contribution in [2.45, 2.75) is 13.5 Å². The molecule has 0 aliphatic heterocycles. The van der Waals surface area contributed by atoms with Crippen LogP contribution in [0, 0.1) is 6.92 Å². The van der Waals surface area contributed by atoms with Gasteiger partial charge in [0, 0.05) is 11.8 Å². The van der Waals surface area contributed by atoms with Crippen LogP contribution in [0.5, 0.6) is 5.75 Å². The summed E-state index contributed by atoms with van der Waals surface area (Å²) in [4.78, 5) is 4.25. The molecular weight excluding hydrogens is 224 g/mol. The van der Waals surface area contributed by atoms with Crippen molar-refractivity contribution in [2.24, 2.45) is 0 Å². The summed E-state index contributed by atoms with van der Waals surface area (Å²) in [5, 5.41) is 0. The number of ether oxygens (including phenoxy) is 1. The van der Waals surface area contributed by atoms with Crippen molar-refractivity contribution >= 4 is 0 Å². The summed E-state index contributed by atoms with van der Waals surface area (Å²) in [6, 6.07) is 10.3. The highest BCUT2D eigenvalue weighted by molar-refractivity contribution is 5.59. The molecule has 1 aromatic carbocycles. The molecule has 0 saturated heterocycles. The zero-order valence-corrected chi connectivity index (χ0v) is 9.23. The quantitative estimate of drug-likeness (QED) is 0.810. The van der Waals surface area contributed by atoms with Gasteiger partial charge in [-0.3, -0.25) is 4.98 Å². The van der Waals surface area contributed by atoms with Crippen LogP contribution in [0.4, 0.5) is 8.78 Å². The molecule has 17 heavy (non-hydrogen) atoms. The summed E-state index contributed by atoms with van der Waals surface area (Å²) in [7, 11) is 0. The van der Waals surface area contributed by atoms with Crippen LogP contribution in [0.2, 0.25) is 0 Å². The van der Waals surface area contributed by atoms with E-state index in [0.717, 1.165) is 16.8 Å². The van der Waals surface area contributed by atoms with Gasteiger partial charge in [0.15, 0.2) is 0 Å². The lowest BCUT2D eigenvalue weighted by atomic mass is 10.1. The Labute approximate surface area is 97.9 Å². The first-order valence-electron chi connectivity index (χ1n) is 5.13. The molecule has 1 heterocycles. The SMILES string of the molecule is Cc1ccc(-c2ccc(OC(F)F)cc2)nc1. The summed E-state index contributed by atoms with van der Waals surface area (Å²) in [5.41, 5.74) is 2.75. The number of pyridine rings is 1. The average molecular weight is 235 g/mol. The van der Waals surface area contributed by atoms with Crippen LogP contribution in [-0.2, 0) is 0 Å². The maximum absolute atomic E-state index is 12.0. The van der Waals surface area contributed by atoms with Crippen LogP contribution in [0.1, 0.15) is 5.56 Å². The third-order valence-corrected chi connectivity index (χ3v) is 2.29. The van der Waals surface area contributed by atoms with E-state index in [1.807, 2.05) is 19.1 Å². The Morgan fingerprint density at radius 2 is 1.76 bits per heavy atom. The number of rotatable bonds is 3. The van der Waals surface area contributed by atoms with E-state index in [0.29, 0.717) is 0 Å². The first-order valence-corrected chi connectivity index (χ1v) is 5.13. The number of alkyl halides is 2. The van der Waals surface area contributed by atoms with Gasteiger partial charge in [0.1, 0.15) is 5.75 Å². The second-order valence-electron chi connectivity index (χ2n) is 3.62. The van der Waals surface area contributed by atoms with Crippen LogP contribution in [0.3, 0.4) is 0 Å². The minimum atomic E-state index is -2.79. The average Bonchev–Trinajstić information content (AvgIpc) is 2.30. The molecule has 0 unspecified atom stereocenters. The van der Waals surface area contributed by atoms with Crippen molar-refractivity contribution in [1.29, 1.82) is 0 Å². The van der Waals surface area contributed by atoms with Gasteiger partial charge in [0.25, 0.3) is 0 Å². The molecule has 0 radical (unpaired) electrons. The van der Waals surface area contributed by atoms with Gasteiger partial charge >= 0.3 is 6.61 Å². The normalized spacial score (nSPS) is 10.6. The Balaban J connectivity index is 2.20. The van der Waals surface area contributed by atoms with Crippen molar-refractivity contribution in [3.63, 3.8) is 0 Å². The summed E-state index contributed by atoms with van der Waals surface area (Å²) >= 11 is 0. The number of aromatic nitrogens is 1. The fourth-order valence-electron chi connectivity index (χ4n) is 1.45. The number of halogens is 2. The molecular formula is C13H11F2NO.